The normalized spacial score (nSPS) is 10.9. The van der Waals surface area contributed by atoms with Crippen LogP contribution in [0.2, 0.25) is 0 Å². The van der Waals surface area contributed by atoms with Crippen LogP contribution in [-0.4, -0.2) is 22.0 Å². The molecule has 0 amide bonds. The molecule has 1 aromatic heterocycles. The zero-order valence-electron chi connectivity index (χ0n) is 14.5. The standard InChI is InChI=1S/C21H15F2NO4/c22-15-8-6-14(7-9-15)19-16(18(23)20(24-19)21(26)27)10-11-17(25)28-12-13-4-2-1-3-5-13/h1-11,24H,12H2,(H,26,27)/b11-10+. The Hall–Kier alpha value is -3.74. The van der Waals surface area contributed by atoms with Gasteiger partial charge in [0.25, 0.3) is 0 Å². The first-order valence-corrected chi connectivity index (χ1v) is 8.25. The van der Waals surface area contributed by atoms with Gasteiger partial charge in [-0.15, -0.1) is 0 Å². The van der Waals surface area contributed by atoms with Crippen molar-refractivity contribution in [1.82, 2.24) is 4.98 Å². The zero-order valence-corrected chi connectivity index (χ0v) is 14.5. The Balaban J connectivity index is 1.85. The lowest BCUT2D eigenvalue weighted by atomic mass is 10.1. The number of hydrogen-bond acceptors (Lipinski definition) is 3. The topological polar surface area (TPSA) is 79.4 Å². The van der Waals surface area contributed by atoms with Crippen LogP contribution in [0.25, 0.3) is 17.3 Å². The third-order valence-electron chi connectivity index (χ3n) is 3.93. The lowest BCUT2D eigenvalue weighted by Gasteiger charge is -2.02. The molecule has 0 aliphatic rings. The van der Waals surface area contributed by atoms with Crippen LogP contribution < -0.4 is 0 Å². The van der Waals surface area contributed by atoms with E-state index in [4.69, 9.17) is 9.84 Å². The molecule has 3 aromatic rings. The summed E-state index contributed by atoms with van der Waals surface area (Å²) in [5.41, 5.74) is 0.474. The Morgan fingerprint density at radius 1 is 1.04 bits per heavy atom. The third-order valence-corrected chi connectivity index (χ3v) is 3.93. The highest BCUT2D eigenvalue weighted by Crippen LogP contribution is 2.29. The van der Waals surface area contributed by atoms with E-state index in [1.54, 1.807) is 24.3 Å². The number of aromatic amines is 1. The van der Waals surface area contributed by atoms with E-state index in [1.165, 1.54) is 12.1 Å². The van der Waals surface area contributed by atoms with Gasteiger partial charge in [-0.1, -0.05) is 30.3 Å². The molecule has 2 aromatic carbocycles. The maximum absolute atomic E-state index is 14.5. The predicted octanol–water partition coefficient (Wildman–Crippen LogP) is 4.41. The fraction of sp³-hybridized carbons (Fsp3) is 0.0476. The van der Waals surface area contributed by atoms with Crippen LogP contribution in [0.3, 0.4) is 0 Å². The summed E-state index contributed by atoms with van der Waals surface area (Å²) in [6.07, 6.45) is 2.14. The van der Waals surface area contributed by atoms with E-state index in [-0.39, 0.29) is 17.9 Å². The van der Waals surface area contributed by atoms with Crippen molar-refractivity contribution in [3.05, 3.63) is 89.1 Å². The Morgan fingerprint density at radius 3 is 2.36 bits per heavy atom. The fourth-order valence-electron chi connectivity index (χ4n) is 2.57. The molecule has 5 nitrogen and oxygen atoms in total. The van der Waals surface area contributed by atoms with Gasteiger partial charge in [0, 0.05) is 11.6 Å². The average molecular weight is 383 g/mol. The van der Waals surface area contributed by atoms with Crippen molar-refractivity contribution < 1.29 is 28.2 Å². The Labute approximate surface area is 158 Å². The van der Waals surface area contributed by atoms with Crippen molar-refractivity contribution >= 4 is 18.0 Å². The summed E-state index contributed by atoms with van der Waals surface area (Å²) in [6.45, 7) is 0.0465. The maximum Gasteiger partial charge on any atom is 0.355 e. The monoisotopic (exact) mass is 383 g/mol. The summed E-state index contributed by atoms with van der Waals surface area (Å²) in [5.74, 6) is -3.73. The van der Waals surface area contributed by atoms with E-state index in [2.05, 4.69) is 4.98 Å². The minimum Gasteiger partial charge on any atom is -0.476 e. The molecule has 0 aliphatic carbocycles. The highest BCUT2D eigenvalue weighted by atomic mass is 19.1. The van der Waals surface area contributed by atoms with Crippen LogP contribution in [-0.2, 0) is 16.1 Å². The van der Waals surface area contributed by atoms with Crippen molar-refractivity contribution in [3.63, 3.8) is 0 Å². The maximum atomic E-state index is 14.5. The zero-order chi connectivity index (χ0) is 20.1. The largest absolute Gasteiger partial charge is 0.476 e. The molecular formula is C21H15F2NO4. The van der Waals surface area contributed by atoms with Gasteiger partial charge in [-0.05, 0) is 41.5 Å². The summed E-state index contributed by atoms with van der Waals surface area (Å²) in [6, 6.07) is 14.1. The molecule has 0 saturated heterocycles. The number of aromatic nitrogens is 1. The number of carboxylic acids is 1. The summed E-state index contributed by atoms with van der Waals surface area (Å²) >= 11 is 0. The van der Waals surface area contributed by atoms with Crippen LogP contribution >= 0.6 is 0 Å². The number of H-pyrrole nitrogens is 1. The van der Waals surface area contributed by atoms with E-state index in [0.717, 1.165) is 29.8 Å². The van der Waals surface area contributed by atoms with Crippen LogP contribution in [0.15, 0.2) is 60.7 Å². The molecule has 0 fully saturated rings. The second-order valence-electron chi connectivity index (χ2n) is 5.84. The van der Waals surface area contributed by atoms with Crippen molar-refractivity contribution in [2.24, 2.45) is 0 Å². The lowest BCUT2D eigenvalue weighted by Crippen LogP contribution is -2.01. The first-order chi connectivity index (χ1) is 13.5. The number of halogens is 2. The third kappa shape index (κ3) is 4.32. The first-order valence-electron chi connectivity index (χ1n) is 8.25. The second-order valence-corrected chi connectivity index (χ2v) is 5.84. The highest BCUT2D eigenvalue weighted by molar-refractivity contribution is 5.93. The minimum atomic E-state index is -1.49. The summed E-state index contributed by atoms with van der Waals surface area (Å²) in [4.78, 5) is 25.6. The molecule has 1 heterocycles. The van der Waals surface area contributed by atoms with Gasteiger partial charge in [0.15, 0.2) is 11.5 Å². The van der Waals surface area contributed by atoms with Gasteiger partial charge in [-0.2, -0.15) is 0 Å². The van der Waals surface area contributed by atoms with Gasteiger partial charge < -0.3 is 14.8 Å². The number of carbonyl (C=O) groups excluding carboxylic acids is 1. The van der Waals surface area contributed by atoms with Gasteiger partial charge in [0.2, 0.25) is 0 Å². The Morgan fingerprint density at radius 2 is 1.71 bits per heavy atom. The number of carbonyl (C=O) groups is 2. The molecule has 3 rings (SSSR count). The first kappa shape index (κ1) is 19.0. The van der Waals surface area contributed by atoms with Gasteiger partial charge >= 0.3 is 11.9 Å². The quantitative estimate of drug-likeness (QED) is 0.488. The SMILES string of the molecule is O=C(/C=C/c1c(-c2ccc(F)cc2)[nH]c(C(=O)O)c1F)OCc1ccccc1. The molecule has 142 valence electrons. The number of carboxylic acid groups (broad SMARTS) is 1. The van der Waals surface area contributed by atoms with Gasteiger partial charge in [0.1, 0.15) is 12.4 Å². The second kappa shape index (κ2) is 8.30. The van der Waals surface area contributed by atoms with Gasteiger partial charge in [-0.3, -0.25) is 0 Å². The predicted molar refractivity (Wildman–Crippen MR) is 98.4 cm³/mol. The van der Waals surface area contributed by atoms with Crippen LogP contribution in [0, 0.1) is 11.6 Å². The highest BCUT2D eigenvalue weighted by Gasteiger charge is 2.21. The van der Waals surface area contributed by atoms with Crippen molar-refractivity contribution in [2.75, 3.05) is 0 Å². The molecule has 7 heteroatoms. The molecule has 0 bridgehead atoms. The van der Waals surface area contributed by atoms with Crippen LogP contribution in [0.4, 0.5) is 8.78 Å². The number of aromatic carboxylic acids is 1. The molecule has 0 radical (unpaired) electrons. The molecule has 2 N–H and O–H groups in total. The van der Waals surface area contributed by atoms with E-state index in [0.29, 0.717) is 5.56 Å². The summed E-state index contributed by atoms with van der Waals surface area (Å²) in [5, 5.41) is 9.14. The Bertz CT molecular complexity index is 1020. The van der Waals surface area contributed by atoms with Gasteiger partial charge in [0.05, 0.1) is 5.69 Å². The van der Waals surface area contributed by atoms with Crippen molar-refractivity contribution in [2.45, 2.75) is 6.61 Å². The number of esters is 1. The molecule has 28 heavy (non-hydrogen) atoms. The van der Waals surface area contributed by atoms with Crippen LogP contribution in [0.5, 0.6) is 0 Å². The minimum absolute atomic E-state index is 0.0465. The molecule has 0 saturated carbocycles. The van der Waals surface area contributed by atoms with E-state index in [1.807, 2.05) is 6.07 Å². The smallest absolute Gasteiger partial charge is 0.355 e. The lowest BCUT2D eigenvalue weighted by molar-refractivity contribution is -0.138. The Kier molecular flexibility index (Phi) is 5.64. The molecule has 0 atom stereocenters. The average Bonchev–Trinajstić information content (AvgIpc) is 3.03. The van der Waals surface area contributed by atoms with Crippen LogP contribution in [0.1, 0.15) is 21.6 Å². The molecule has 0 spiro atoms. The summed E-state index contributed by atoms with van der Waals surface area (Å²) < 4.78 is 32.7. The molecule has 0 aliphatic heterocycles. The number of rotatable bonds is 6. The number of nitrogens with one attached hydrogen (secondary N) is 1. The van der Waals surface area contributed by atoms with Crippen molar-refractivity contribution in [1.29, 1.82) is 0 Å². The van der Waals surface area contributed by atoms with E-state index in [9.17, 15) is 18.4 Å². The number of hydrogen-bond donors (Lipinski definition) is 2. The van der Waals surface area contributed by atoms with E-state index < -0.39 is 29.3 Å². The molecular weight excluding hydrogens is 368 g/mol. The van der Waals surface area contributed by atoms with E-state index >= 15 is 0 Å². The fourth-order valence-corrected chi connectivity index (χ4v) is 2.57. The summed E-state index contributed by atoms with van der Waals surface area (Å²) in [7, 11) is 0. The number of benzene rings is 2. The van der Waals surface area contributed by atoms with Crippen molar-refractivity contribution in [3.8, 4) is 11.3 Å². The molecule has 0 unspecified atom stereocenters. The van der Waals surface area contributed by atoms with Gasteiger partial charge in [-0.25, -0.2) is 18.4 Å². The number of ether oxygens (including phenoxy) is 1.